The quantitative estimate of drug-likeness (QED) is 0.376. The number of halogens is 1. The third kappa shape index (κ3) is 3.71. The third-order valence-electron chi connectivity index (χ3n) is 3.71. The number of rotatable bonds is 5. The van der Waals surface area contributed by atoms with E-state index in [1.807, 2.05) is 11.8 Å². The Bertz CT molecular complexity index is 443. The smallest absolute Gasteiger partial charge is 0.220 e. The number of nitrogens with two attached hydrogens (primary N) is 1. The predicted molar refractivity (Wildman–Crippen MR) is 82.3 cm³/mol. The van der Waals surface area contributed by atoms with Gasteiger partial charge in [0.15, 0.2) is 0 Å². The number of amidine groups is 1. The van der Waals surface area contributed by atoms with E-state index in [2.05, 4.69) is 20.6 Å². The van der Waals surface area contributed by atoms with Crippen molar-refractivity contribution in [1.29, 1.82) is 0 Å². The molecule has 0 aromatic rings. The van der Waals surface area contributed by atoms with Crippen molar-refractivity contribution in [1.82, 2.24) is 15.5 Å². The number of nitrogens with zero attached hydrogens (tertiary/aromatic N) is 3. The molecule has 2 rings (SSSR count). The highest BCUT2D eigenvalue weighted by Crippen LogP contribution is 2.25. The SMILES string of the molecule is COC[C@](C)(O)NC1(C)CNC(N)C1N1C=NC(Cl)=NC1. The summed E-state index contributed by atoms with van der Waals surface area (Å²) < 4.78 is 5.04. The number of ether oxygens (including phenoxy) is 1. The van der Waals surface area contributed by atoms with Gasteiger partial charge in [0, 0.05) is 13.7 Å². The number of aliphatic imine (C=N–C) groups is 2. The lowest BCUT2D eigenvalue weighted by atomic mass is 9.91. The van der Waals surface area contributed by atoms with Crippen molar-refractivity contribution in [2.75, 3.05) is 26.9 Å². The van der Waals surface area contributed by atoms with Crippen molar-refractivity contribution in [3.63, 3.8) is 0 Å². The van der Waals surface area contributed by atoms with Crippen LogP contribution in [0, 0.1) is 0 Å². The summed E-state index contributed by atoms with van der Waals surface area (Å²) in [6.07, 6.45) is 1.36. The molecule has 0 bridgehead atoms. The zero-order valence-electron chi connectivity index (χ0n) is 12.5. The van der Waals surface area contributed by atoms with Gasteiger partial charge in [0.05, 0.1) is 30.7 Å². The molecule has 21 heavy (non-hydrogen) atoms. The zero-order chi connectivity index (χ0) is 15.7. The van der Waals surface area contributed by atoms with E-state index >= 15 is 0 Å². The van der Waals surface area contributed by atoms with Crippen LogP contribution < -0.4 is 16.4 Å². The van der Waals surface area contributed by atoms with Crippen LogP contribution in [-0.2, 0) is 4.74 Å². The fourth-order valence-corrected chi connectivity index (χ4v) is 3.16. The zero-order valence-corrected chi connectivity index (χ0v) is 13.3. The Kier molecular flexibility index (Phi) is 4.86. The Morgan fingerprint density at radius 2 is 2.48 bits per heavy atom. The first kappa shape index (κ1) is 16.6. The summed E-state index contributed by atoms with van der Waals surface area (Å²) in [6.45, 7) is 4.81. The van der Waals surface area contributed by atoms with Gasteiger partial charge in [-0.2, -0.15) is 0 Å². The van der Waals surface area contributed by atoms with Gasteiger partial charge >= 0.3 is 0 Å². The molecule has 5 N–H and O–H groups in total. The van der Waals surface area contributed by atoms with Crippen molar-refractivity contribution in [3.8, 4) is 0 Å². The normalized spacial score (nSPS) is 35.7. The van der Waals surface area contributed by atoms with Gasteiger partial charge in [-0.25, -0.2) is 9.98 Å². The fraction of sp³-hybridized carbons (Fsp3) is 0.833. The van der Waals surface area contributed by atoms with Crippen LogP contribution in [0.3, 0.4) is 0 Å². The van der Waals surface area contributed by atoms with E-state index in [0.29, 0.717) is 13.2 Å². The van der Waals surface area contributed by atoms with Gasteiger partial charge in [0.1, 0.15) is 12.4 Å². The summed E-state index contributed by atoms with van der Waals surface area (Å²) >= 11 is 5.75. The van der Waals surface area contributed by atoms with Gasteiger partial charge in [-0.15, -0.1) is 0 Å². The van der Waals surface area contributed by atoms with E-state index in [4.69, 9.17) is 22.1 Å². The maximum Gasteiger partial charge on any atom is 0.220 e. The first-order chi connectivity index (χ1) is 9.77. The Morgan fingerprint density at radius 3 is 3.05 bits per heavy atom. The van der Waals surface area contributed by atoms with Crippen LogP contribution in [0.4, 0.5) is 0 Å². The highest BCUT2D eigenvalue weighted by Gasteiger charge is 2.49. The summed E-state index contributed by atoms with van der Waals surface area (Å²) in [5, 5.41) is 17.0. The molecule has 0 radical (unpaired) electrons. The summed E-state index contributed by atoms with van der Waals surface area (Å²) in [7, 11) is 1.54. The Labute approximate surface area is 129 Å². The molecule has 0 aliphatic carbocycles. The van der Waals surface area contributed by atoms with Crippen molar-refractivity contribution in [2.24, 2.45) is 15.7 Å². The molecule has 2 aliphatic rings. The summed E-state index contributed by atoms with van der Waals surface area (Å²) in [5.41, 5.74) is 4.52. The van der Waals surface area contributed by atoms with Crippen LogP contribution in [0.25, 0.3) is 0 Å². The highest BCUT2D eigenvalue weighted by atomic mass is 35.5. The lowest BCUT2D eigenvalue weighted by molar-refractivity contribution is -0.0664. The van der Waals surface area contributed by atoms with E-state index in [0.717, 1.165) is 0 Å². The van der Waals surface area contributed by atoms with Gasteiger partial charge < -0.3 is 20.5 Å². The van der Waals surface area contributed by atoms with Crippen LogP contribution in [-0.4, -0.2) is 72.0 Å². The van der Waals surface area contributed by atoms with Crippen LogP contribution in [0.15, 0.2) is 9.98 Å². The molecule has 2 heterocycles. The maximum absolute atomic E-state index is 10.4. The Balaban J connectivity index is 2.16. The van der Waals surface area contributed by atoms with Crippen LogP contribution in [0.1, 0.15) is 13.8 Å². The number of hydrogen-bond acceptors (Lipinski definition) is 8. The van der Waals surface area contributed by atoms with Crippen LogP contribution in [0.5, 0.6) is 0 Å². The largest absolute Gasteiger partial charge is 0.380 e. The lowest BCUT2D eigenvalue weighted by Gasteiger charge is -2.43. The second kappa shape index (κ2) is 6.15. The summed E-state index contributed by atoms with van der Waals surface area (Å²) in [4.78, 5) is 10.0. The molecule has 0 spiro atoms. The Hall–Kier alpha value is -0.770. The molecule has 4 atom stereocenters. The Morgan fingerprint density at radius 1 is 1.76 bits per heavy atom. The van der Waals surface area contributed by atoms with Gasteiger partial charge in [0.2, 0.25) is 5.29 Å². The van der Waals surface area contributed by atoms with Gasteiger partial charge in [-0.1, -0.05) is 0 Å². The van der Waals surface area contributed by atoms with E-state index in [1.165, 1.54) is 0 Å². The predicted octanol–water partition coefficient (Wildman–Crippen LogP) is -1.16. The molecule has 9 heteroatoms. The minimum atomic E-state index is -1.17. The van der Waals surface area contributed by atoms with Gasteiger partial charge in [-0.3, -0.25) is 10.6 Å². The van der Waals surface area contributed by atoms with Gasteiger partial charge in [-0.05, 0) is 25.4 Å². The van der Waals surface area contributed by atoms with E-state index in [-0.39, 0.29) is 24.1 Å². The average Bonchev–Trinajstić information content (AvgIpc) is 2.65. The lowest BCUT2D eigenvalue weighted by Crippen LogP contribution is -2.67. The molecular formula is C12H23ClN6O2. The molecule has 3 unspecified atom stereocenters. The number of hydrogen-bond donors (Lipinski definition) is 4. The first-order valence-corrected chi connectivity index (χ1v) is 7.15. The molecule has 1 saturated heterocycles. The second-order valence-electron chi connectivity index (χ2n) is 5.93. The molecule has 8 nitrogen and oxygen atoms in total. The molecule has 2 aliphatic heterocycles. The standard InChI is InChI=1S/C12H23ClN6O2/c1-11(18-12(2,20)5-21-3)4-15-9(14)8(11)19-6-16-10(13)17-7-19/h6,8-9,15,18,20H,4-5,7,14H2,1-3H3/t8?,9?,11?,12-/m0/s1. The maximum atomic E-state index is 10.4. The highest BCUT2D eigenvalue weighted by molar-refractivity contribution is 6.65. The third-order valence-corrected chi connectivity index (χ3v) is 3.93. The topological polar surface area (TPSA) is 108 Å². The molecule has 0 aromatic heterocycles. The molecule has 120 valence electrons. The van der Waals surface area contributed by atoms with E-state index in [1.54, 1.807) is 20.4 Å². The second-order valence-corrected chi connectivity index (χ2v) is 6.27. The minimum absolute atomic E-state index is 0.141. The van der Waals surface area contributed by atoms with E-state index < -0.39 is 11.3 Å². The molecule has 0 aromatic carbocycles. The van der Waals surface area contributed by atoms with Crippen molar-refractivity contribution in [3.05, 3.63) is 0 Å². The number of nitrogens with one attached hydrogen (secondary N) is 2. The van der Waals surface area contributed by atoms with Crippen molar-refractivity contribution in [2.45, 2.75) is 37.3 Å². The van der Waals surface area contributed by atoms with Gasteiger partial charge in [0.25, 0.3) is 0 Å². The number of aliphatic hydroxyl groups is 1. The average molecular weight is 319 g/mol. The minimum Gasteiger partial charge on any atom is -0.380 e. The molecule has 0 amide bonds. The fourth-order valence-electron chi connectivity index (χ4n) is 3.06. The molecule has 0 saturated carbocycles. The molecular weight excluding hydrogens is 296 g/mol. The van der Waals surface area contributed by atoms with E-state index in [9.17, 15) is 5.11 Å². The van der Waals surface area contributed by atoms with Crippen molar-refractivity contribution < 1.29 is 9.84 Å². The molecule has 1 fully saturated rings. The summed E-state index contributed by atoms with van der Waals surface area (Å²) in [6, 6.07) is -0.141. The van der Waals surface area contributed by atoms with Crippen LogP contribution >= 0.6 is 11.6 Å². The monoisotopic (exact) mass is 318 g/mol. The number of methoxy groups -OCH3 is 1. The van der Waals surface area contributed by atoms with Crippen molar-refractivity contribution >= 4 is 23.2 Å². The van der Waals surface area contributed by atoms with Crippen LogP contribution in [0.2, 0.25) is 0 Å². The summed E-state index contributed by atoms with van der Waals surface area (Å²) in [5.74, 6) is 0. The first-order valence-electron chi connectivity index (χ1n) is 6.77.